The lowest BCUT2D eigenvalue weighted by molar-refractivity contribution is -0.116. The van der Waals surface area contributed by atoms with Crippen LogP contribution in [0.25, 0.3) is 0 Å². The smallest absolute Gasteiger partial charge is 0.251 e. The van der Waals surface area contributed by atoms with Crippen molar-refractivity contribution in [3.63, 3.8) is 0 Å². The highest BCUT2D eigenvalue weighted by Gasteiger charge is 2.09. The molecule has 0 spiro atoms. The van der Waals surface area contributed by atoms with E-state index in [1.165, 1.54) is 0 Å². The minimum absolute atomic E-state index is 0.0819. The molecule has 0 atom stereocenters. The van der Waals surface area contributed by atoms with Gasteiger partial charge in [-0.2, -0.15) is 0 Å². The predicted octanol–water partition coefficient (Wildman–Crippen LogP) is 1.42. The van der Waals surface area contributed by atoms with E-state index in [0.717, 1.165) is 5.56 Å². The highest BCUT2D eigenvalue weighted by molar-refractivity contribution is 5.97. The Kier molecular flexibility index (Phi) is 6.02. The number of carbonyl (C=O) groups is 2. The topological polar surface area (TPSA) is 84.2 Å². The summed E-state index contributed by atoms with van der Waals surface area (Å²) in [5.74, 6) is -0.221. The second-order valence-corrected chi connectivity index (χ2v) is 4.33. The Morgan fingerprint density at radius 3 is 2.68 bits per heavy atom. The normalized spacial score (nSPS) is 10.1. The van der Waals surface area contributed by atoms with Gasteiger partial charge in [0.25, 0.3) is 5.91 Å². The number of benzene rings is 1. The van der Waals surface area contributed by atoms with Crippen LogP contribution in [0.5, 0.6) is 0 Å². The molecule has 0 aromatic heterocycles. The maximum Gasteiger partial charge on any atom is 0.251 e. The Morgan fingerprint density at radius 2 is 2.05 bits per heavy atom. The Bertz CT molecular complexity index is 458. The van der Waals surface area contributed by atoms with E-state index < -0.39 is 0 Å². The van der Waals surface area contributed by atoms with Crippen molar-refractivity contribution in [1.29, 1.82) is 0 Å². The van der Waals surface area contributed by atoms with Crippen molar-refractivity contribution in [3.8, 4) is 0 Å². The third-order valence-electron chi connectivity index (χ3n) is 2.72. The van der Waals surface area contributed by atoms with Gasteiger partial charge in [-0.25, -0.2) is 0 Å². The molecule has 5 heteroatoms. The highest BCUT2D eigenvalue weighted by atomic mass is 16.2. The number of carbonyl (C=O) groups excluding carboxylic acids is 2. The summed E-state index contributed by atoms with van der Waals surface area (Å²) in [6, 6.07) is 5.26. The van der Waals surface area contributed by atoms with Crippen molar-refractivity contribution >= 4 is 17.5 Å². The third kappa shape index (κ3) is 4.71. The van der Waals surface area contributed by atoms with Crippen molar-refractivity contribution in [2.45, 2.75) is 26.7 Å². The van der Waals surface area contributed by atoms with Crippen LogP contribution in [0.3, 0.4) is 0 Å². The van der Waals surface area contributed by atoms with Gasteiger partial charge >= 0.3 is 0 Å². The molecule has 0 saturated carbocycles. The van der Waals surface area contributed by atoms with Crippen LogP contribution >= 0.6 is 0 Å². The van der Waals surface area contributed by atoms with Crippen molar-refractivity contribution in [2.75, 3.05) is 18.4 Å². The van der Waals surface area contributed by atoms with Gasteiger partial charge in [0, 0.05) is 24.2 Å². The lowest BCUT2D eigenvalue weighted by Gasteiger charge is -2.10. The number of hydrogen-bond donors (Lipinski definition) is 3. The van der Waals surface area contributed by atoms with Crippen LogP contribution in [0.4, 0.5) is 5.69 Å². The van der Waals surface area contributed by atoms with Gasteiger partial charge in [0.15, 0.2) is 0 Å². The van der Waals surface area contributed by atoms with Gasteiger partial charge in [-0.1, -0.05) is 6.07 Å². The largest absolute Gasteiger partial charge is 0.352 e. The summed E-state index contributed by atoms with van der Waals surface area (Å²) in [6.45, 7) is 4.82. The van der Waals surface area contributed by atoms with Gasteiger partial charge in [-0.3, -0.25) is 9.59 Å². The molecule has 4 N–H and O–H groups in total. The van der Waals surface area contributed by atoms with Gasteiger partial charge < -0.3 is 16.4 Å². The minimum atomic E-state index is -0.139. The lowest BCUT2D eigenvalue weighted by Crippen LogP contribution is -2.23. The van der Waals surface area contributed by atoms with E-state index >= 15 is 0 Å². The van der Waals surface area contributed by atoms with E-state index in [1.807, 2.05) is 19.9 Å². The van der Waals surface area contributed by atoms with Crippen molar-refractivity contribution in [1.82, 2.24) is 5.32 Å². The Labute approximate surface area is 113 Å². The molecule has 0 aliphatic carbocycles. The van der Waals surface area contributed by atoms with Gasteiger partial charge in [0.05, 0.1) is 0 Å². The second-order valence-electron chi connectivity index (χ2n) is 4.33. The van der Waals surface area contributed by atoms with Crippen molar-refractivity contribution in [3.05, 3.63) is 29.3 Å². The van der Waals surface area contributed by atoms with Gasteiger partial charge in [0.2, 0.25) is 5.91 Å². The van der Waals surface area contributed by atoms with Crippen LogP contribution in [-0.4, -0.2) is 24.9 Å². The summed E-state index contributed by atoms with van der Waals surface area (Å²) in [5.41, 5.74) is 7.50. The molecule has 5 nitrogen and oxygen atoms in total. The van der Waals surface area contributed by atoms with Gasteiger partial charge in [0.1, 0.15) is 0 Å². The summed E-state index contributed by atoms with van der Waals surface area (Å²) in [5, 5.41) is 5.54. The highest BCUT2D eigenvalue weighted by Crippen LogP contribution is 2.17. The molecule has 0 radical (unpaired) electrons. The number of nitrogens with one attached hydrogen (secondary N) is 2. The average Bonchev–Trinajstić information content (AvgIpc) is 2.39. The fourth-order valence-electron chi connectivity index (χ4n) is 1.64. The molecule has 0 fully saturated rings. The molecule has 0 heterocycles. The molecule has 1 aromatic rings. The maximum absolute atomic E-state index is 11.7. The zero-order chi connectivity index (χ0) is 14.3. The Balaban J connectivity index is 2.79. The molecular formula is C14H21N3O2. The first-order valence-corrected chi connectivity index (χ1v) is 6.47. The fraction of sp³-hybridized carbons (Fsp3) is 0.429. The Morgan fingerprint density at radius 1 is 1.32 bits per heavy atom. The van der Waals surface area contributed by atoms with E-state index in [2.05, 4.69) is 10.6 Å². The van der Waals surface area contributed by atoms with E-state index in [-0.39, 0.29) is 11.8 Å². The molecule has 2 amide bonds. The van der Waals surface area contributed by atoms with Crippen LogP contribution in [-0.2, 0) is 4.79 Å². The van der Waals surface area contributed by atoms with E-state index in [9.17, 15) is 9.59 Å². The average molecular weight is 263 g/mol. The maximum atomic E-state index is 11.7. The summed E-state index contributed by atoms with van der Waals surface area (Å²) in [7, 11) is 0. The molecule has 0 saturated heterocycles. The summed E-state index contributed by atoms with van der Waals surface area (Å²) in [6.07, 6.45) is 1.04. The standard InChI is InChI=1S/C14H21N3O2/c1-3-16-14(19)11-7-6-10(2)12(9-11)17-13(18)5-4-8-15/h6-7,9H,3-5,8,15H2,1-2H3,(H,16,19)(H,17,18). The van der Waals surface area contributed by atoms with Gasteiger partial charge in [-0.05, 0) is 44.5 Å². The third-order valence-corrected chi connectivity index (χ3v) is 2.72. The molecule has 0 bridgehead atoms. The van der Waals surface area contributed by atoms with Crippen LogP contribution in [0.1, 0.15) is 35.7 Å². The lowest BCUT2D eigenvalue weighted by atomic mass is 10.1. The minimum Gasteiger partial charge on any atom is -0.352 e. The number of nitrogens with two attached hydrogens (primary N) is 1. The number of aryl methyl sites for hydroxylation is 1. The summed E-state index contributed by atoms with van der Waals surface area (Å²) < 4.78 is 0. The number of hydrogen-bond acceptors (Lipinski definition) is 3. The molecule has 1 aromatic carbocycles. The number of anilines is 1. The van der Waals surface area contributed by atoms with E-state index in [1.54, 1.807) is 12.1 Å². The summed E-state index contributed by atoms with van der Waals surface area (Å²) >= 11 is 0. The van der Waals surface area contributed by atoms with E-state index in [4.69, 9.17) is 5.73 Å². The van der Waals surface area contributed by atoms with Crippen LogP contribution in [0.15, 0.2) is 18.2 Å². The number of amides is 2. The SMILES string of the molecule is CCNC(=O)c1ccc(C)c(NC(=O)CCCN)c1. The zero-order valence-electron chi connectivity index (χ0n) is 11.5. The molecule has 0 aliphatic heterocycles. The van der Waals surface area contributed by atoms with E-state index in [0.29, 0.717) is 37.2 Å². The number of rotatable bonds is 6. The zero-order valence-corrected chi connectivity index (χ0v) is 11.5. The second kappa shape index (κ2) is 7.53. The monoisotopic (exact) mass is 263 g/mol. The molecule has 19 heavy (non-hydrogen) atoms. The fourth-order valence-corrected chi connectivity index (χ4v) is 1.64. The Hall–Kier alpha value is -1.88. The van der Waals surface area contributed by atoms with Crippen LogP contribution in [0, 0.1) is 6.92 Å². The molecule has 104 valence electrons. The van der Waals surface area contributed by atoms with Crippen molar-refractivity contribution < 1.29 is 9.59 Å². The first kappa shape index (κ1) is 15.2. The quantitative estimate of drug-likeness (QED) is 0.725. The molecule has 0 aliphatic rings. The molecular weight excluding hydrogens is 242 g/mol. The van der Waals surface area contributed by atoms with Crippen LogP contribution < -0.4 is 16.4 Å². The predicted molar refractivity (Wildman–Crippen MR) is 76.1 cm³/mol. The van der Waals surface area contributed by atoms with Gasteiger partial charge in [-0.15, -0.1) is 0 Å². The first-order chi connectivity index (χ1) is 9.08. The molecule has 0 unspecified atom stereocenters. The first-order valence-electron chi connectivity index (χ1n) is 6.47. The summed E-state index contributed by atoms with van der Waals surface area (Å²) in [4.78, 5) is 23.4. The molecule has 1 rings (SSSR count). The van der Waals surface area contributed by atoms with Crippen LogP contribution in [0.2, 0.25) is 0 Å². The van der Waals surface area contributed by atoms with Crippen molar-refractivity contribution in [2.24, 2.45) is 5.73 Å².